The number of primary amides is 1. The van der Waals surface area contributed by atoms with Crippen LogP contribution in [0.1, 0.15) is 24.0 Å². The number of nitrogens with zero attached hydrogens (tertiary/aromatic N) is 3. The number of aromatic nitrogens is 2. The summed E-state index contributed by atoms with van der Waals surface area (Å²) in [6, 6.07) is 6.04. The predicted octanol–water partition coefficient (Wildman–Crippen LogP) is 2.17. The molecule has 1 aromatic heterocycles. The Hall–Kier alpha value is -2.35. The molecule has 2 amide bonds. The maximum absolute atomic E-state index is 12.4. The molecule has 2 N–H and O–H groups in total. The van der Waals surface area contributed by atoms with E-state index >= 15 is 0 Å². The summed E-state index contributed by atoms with van der Waals surface area (Å²) < 4.78 is 5.67. The number of aryl methyl sites for hydroxylation is 2. The fourth-order valence-corrected chi connectivity index (χ4v) is 3.80. The van der Waals surface area contributed by atoms with Crippen LogP contribution >= 0.6 is 11.8 Å². The Morgan fingerprint density at radius 3 is 2.69 bits per heavy atom. The molecule has 0 aliphatic carbocycles. The highest BCUT2D eigenvalue weighted by Gasteiger charge is 2.27. The van der Waals surface area contributed by atoms with Crippen molar-refractivity contribution >= 4 is 23.6 Å². The van der Waals surface area contributed by atoms with Gasteiger partial charge in [-0.1, -0.05) is 29.0 Å². The summed E-state index contributed by atoms with van der Waals surface area (Å²) in [4.78, 5) is 25.4. The second-order valence-electron chi connectivity index (χ2n) is 6.62. The van der Waals surface area contributed by atoms with Gasteiger partial charge in [0.25, 0.3) is 5.22 Å². The monoisotopic (exact) mass is 374 g/mol. The highest BCUT2D eigenvalue weighted by molar-refractivity contribution is 7.99. The van der Waals surface area contributed by atoms with Crippen LogP contribution in [0.3, 0.4) is 0 Å². The zero-order valence-electron chi connectivity index (χ0n) is 14.9. The molecule has 1 aliphatic rings. The molecule has 3 rings (SSSR count). The average molecular weight is 374 g/mol. The summed E-state index contributed by atoms with van der Waals surface area (Å²) in [6.07, 6.45) is 1.54. The largest absolute Gasteiger partial charge is 0.411 e. The average Bonchev–Trinajstić information content (AvgIpc) is 3.08. The van der Waals surface area contributed by atoms with Crippen LogP contribution in [0.25, 0.3) is 11.5 Å². The molecule has 0 saturated carbocycles. The Labute approximate surface area is 156 Å². The van der Waals surface area contributed by atoms with Gasteiger partial charge >= 0.3 is 0 Å². The minimum atomic E-state index is -0.342. The number of rotatable bonds is 5. The van der Waals surface area contributed by atoms with Crippen molar-refractivity contribution in [3.63, 3.8) is 0 Å². The molecule has 1 fully saturated rings. The first-order valence-electron chi connectivity index (χ1n) is 8.54. The van der Waals surface area contributed by atoms with Crippen LogP contribution in [0.15, 0.2) is 27.8 Å². The zero-order chi connectivity index (χ0) is 18.7. The third-order valence-corrected chi connectivity index (χ3v) is 5.17. The molecule has 1 aromatic carbocycles. The molecule has 1 atom stereocenters. The molecular formula is C18H22N4O3S. The number of hydrogen-bond acceptors (Lipinski definition) is 6. The molecule has 2 heterocycles. The van der Waals surface area contributed by atoms with Gasteiger partial charge < -0.3 is 15.1 Å². The summed E-state index contributed by atoms with van der Waals surface area (Å²) in [5, 5.41) is 8.44. The van der Waals surface area contributed by atoms with Crippen molar-refractivity contribution in [1.29, 1.82) is 0 Å². The standard InChI is InChI=1S/C18H22N4O3S/c1-11-6-12(2)8-14(7-11)17-20-21-18(25-17)26-10-15(23)22-5-3-4-13(9-22)16(19)24/h6-8,13H,3-5,9-10H2,1-2H3,(H2,19,24)/t13-/m1/s1. The van der Waals surface area contributed by atoms with E-state index in [0.29, 0.717) is 24.2 Å². The second-order valence-corrected chi connectivity index (χ2v) is 7.55. The lowest BCUT2D eigenvalue weighted by atomic mass is 9.97. The Balaban J connectivity index is 1.59. The van der Waals surface area contributed by atoms with E-state index in [1.807, 2.05) is 26.0 Å². The molecule has 8 heteroatoms. The van der Waals surface area contributed by atoms with E-state index in [4.69, 9.17) is 10.2 Å². The zero-order valence-corrected chi connectivity index (χ0v) is 15.7. The number of amides is 2. The van der Waals surface area contributed by atoms with Crippen molar-refractivity contribution in [3.8, 4) is 11.5 Å². The van der Waals surface area contributed by atoms with Gasteiger partial charge in [0.05, 0.1) is 11.7 Å². The van der Waals surface area contributed by atoms with E-state index in [1.165, 1.54) is 11.8 Å². The summed E-state index contributed by atoms with van der Waals surface area (Å²) in [7, 11) is 0. The van der Waals surface area contributed by atoms with Gasteiger partial charge in [-0.2, -0.15) is 0 Å². The van der Waals surface area contributed by atoms with E-state index in [2.05, 4.69) is 16.3 Å². The van der Waals surface area contributed by atoms with Gasteiger partial charge in [0, 0.05) is 18.7 Å². The molecule has 0 radical (unpaired) electrons. The highest BCUT2D eigenvalue weighted by atomic mass is 32.2. The van der Waals surface area contributed by atoms with Crippen LogP contribution in [0.5, 0.6) is 0 Å². The van der Waals surface area contributed by atoms with Crippen molar-refractivity contribution in [2.24, 2.45) is 11.7 Å². The van der Waals surface area contributed by atoms with E-state index in [1.54, 1.807) is 4.90 Å². The van der Waals surface area contributed by atoms with Gasteiger partial charge in [0.15, 0.2) is 0 Å². The van der Waals surface area contributed by atoms with Crippen LogP contribution in [-0.4, -0.2) is 45.8 Å². The molecule has 26 heavy (non-hydrogen) atoms. The van der Waals surface area contributed by atoms with Crippen molar-refractivity contribution in [1.82, 2.24) is 15.1 Å². The maximum Gasteiger partial charge on any atom is 0.277 e. The molecule has 7 nitrogen and oxygen atoms in total. The van der Waals surface area contributed by atoms with Crippen molar-refractivity contribution in [3.05, 3.63) is 29.3 Å². The van der Waals surface area contributed by atoms with E-state index in [0.717, 1.165) is 29.5 Å². The minimum Gasteiger partial charge on any atom is -0.411 e. The van der Waals surface area contributed by atoms with Crippen LogP contribution in [-0.2, 0) is 9.59 Å². The van der Waals surface area contributed by atoms with Crippen molar-refractivity contribution < 1.29 is 14.0 Å². The molecule has 1 aliphatic heterocycles. The highest BCUT2D eigenvalue weighted by Crippen LogP contribution is 2.25. The lowest BCUT2D eigenvalue weighted by Crippen LogP contribution is -2.44. The number of likely N-dealkylation sites (tertiary alicyclic amines) is 1. The fraction of sp³-hybridized carbons (Fsp3) is 0.444. The first-order valence-corrected chi connectivity index (χ1v) is 9.53. The maximum atomic E-state index is 12.4. The lowest BCUT2D eigenvalue weighted by molar-refractivity contribution is -0.132. The van der Waals surface area contributed by atoms with Gasteiger partial charge in [-0.25, -0.2) is 0 Å². The Morgan fingerprint density at radius 2 is 2.00 bits per heavy atom. The van der Waals surface area contributed by atoms with Gasteiger partial charge in [-0.3, -0.25) is 9.59 Å². The minimum absolute atomic E-state index is 0.0490. The molecular weight excluding hydrogens is 352 g/mol. The molecule has 1 saturated heterocycles. The van der Waals surface area contributed by atoms with E-state index in [-0.39, 0.29) is 23.5 Å². The smallest absolute Gasteiger partial charge is 0.277 e. The number of hydrogen-bond donors (Lipinski definition) is 1. The SMILES string of the molecule is Cc1cc(C)cc(-c2nnc(SCC(=O)N3CCC[C@@H](C(N)=O)C3)o2)c1. The number of thioether (sulfide) groups is 1. The van der Waals surface area contributed by atoms with Gasteiger partial charge in [-0.15, -0.1) is 10.2 Å². The quantitative estimate of drug-likeness (QED) is 0.805. The molecule has 2 aromatic rings. The fourth-order valence-electron chi connectivity index (χ4n) is 3.13. The summed E-state index contributed by atoms with van der Waals surface area (Å²) in [5.41, 5.74) is 8.47. The number of benzene rings is 1. The normalized spacial score (nSPS) is 17.3. The summed E-state index contributed by atoms with van der Waals surface area (Å²) in [6.45, 7) is 5.07. The number of carbonyl (C=O) groups excluding carboxylic acids is 2. The third kappa shape index (κ3) is 4.43. The first-order chi connectivity index (χ1) is 12.4. The lowest BCUT2D eigenvalue weighted by Gasteiger charge is -2.31. The topological polar surface area (TPSA) is 102 Å². The van der Waals surface area contributed by atoms with Crippen LogP contribution < -0.4 is 5.73 Å². The summed E-state index contributed by atoms with van der Waals surface area (Å²) >= 11 is 1.21. The van der Waals surface area contributed by atoms with E-state index in [9.17, 15) is 9.59 Å². The molecule has 0 spiro atoms. The van der Waals surface area contributed by atoms with Crippen LogP contribution in [0, 0.1) is 19.8 Å². The molecule has 0 bridgehead atoms. The first kappa shape index (κ1) is 18.4. The number of piperidine rings is 1. The second kappa shape index (κ2) is 7.90. The Kier molecular flexibility index (Phi) is 5.61. The Morgan fingerprint density at radius 1 is 1.27 bits per heavy atom. The van der Waals surface area contributed by atoms with Crippen molar-refractivity contribution in [2.75, 3.05) is 18.8 Å². The Bertz CT molecular complexity index is 800. The van der Waals surface area contributed by atoms with Gasteiger partial charge in [0.2, 0.25) is 17.7 Å². The van der Waals surface area contributed by atoms with Gasteiger partial charge in [0.1, 0.15) is 0 Å². The summed E-state index contributed by atoms with van der Waals surface area (Å²) in [5.74, 6) is -0.00650. The molecule has 0 unspecified atom stereocenters. The third-order valence-electron chi connectivity index (χ3n) is 4.37. The van der Waals surface area contributed by atoms with Gasteiger partial charge in [-0.05, 0) is 38.8 Å². The van der Waals surface area contributed by atoms with Crippen LogP contribution in [0.4, 0.5) is 0 Å². The number of carbonyl (C=O) groups is 2. The number of nitrogens with two attached hydrogens (primary N) is 1. The van der Waals surface area contributed by atoms with Crippen molar-refractivity contribution in [2.45, 2.75) is 31.9 Å². The van der Waals surface area contributed by atoms with Crippen LogP contribution in [0.2, 0.25) is 0 Å². The predicted molar refractivity (Wildman–Crippen MR) is 98.4 cm³/mol. The van der Waals surface area contributed by atoms with E-state index < -0.39 is 0 Å². The molecule has 138 valence electrons.